The minimum absolute atomic E-state index is 0.0270. The van der Waals surface area contributed by atoms with E-state index in [0.29, 0.717) is 17.3 Å². The predicted molar refractivity (Wildman–Crippen MR) is 86.4 cm³/mol. The molecule has 122 valence electrons. The zero-order chi connectivity index (χ0) is 17.1. The molecule has 0 amide bonds. The Balaban J connectivity index is 1.79. The maximum absolute atomic E-state index is 13.7. The second-order valence-electron chi connectivity index (χ2n) is 4.79. The van der Waals surface area contributed by atoms with Crippen molar-refractivity contribution in [3.8, 4) is 0 Å². The van der Waals surface area contributed by atoms with Gasteiger partial charge < -0.3 is 10.6 Å². The van der Waals surface area contributed by atoms with Crippen LogP contribution in [0, 0.1) is 17.5 Å². The van der Waals surface area contributed by atoms with E-state index in [4.69, 9.17) is 11.6 Å². The summed E-state index contributed by atoms with van der Waals surface area (Å²) in [6.45, 7) is 0. The van der Waals surface area contributed by atoms with Gasteiger partial charge in [-0.25, -0.2) is 23.1 Å². The highest BCUT2D eigenvalue weighted by molar-refractivity contribution is 6.31. The molecule has 3 aromatic rings. The Kier molecular flexibility index (Phi) is 4.52. The van der Waals surface area contributed by atoms with Crippen molar-refractivity contribution in [1.29, 1.82) is 0 Å². The van der Waals surface area contributed by atoms with Crippen molar-refractivity contribution < 1.29 is 13.2 Å². The number of nitrogens with zero attached hydrogens (tertiary/aromatic N) is 2. The molecule has 0 aliphatic heterocycles. The van der Waals surface area contributed by atoms with Crippen LogP contribution in [0.3, 0.4) is 0 Å². The highest BCUT2D eigenvalue weighted by atomic mass is 35.5. The van der Waals surface area contributed by atoms with Gasteiger partial charge in [0.15, 0.2) is 0 Å². The van der Waals surface area contributed by atoms with E-state index in [2.05, 4.69) is 20.6 Å². The van der Waals surface area contributed by atoms with E-state index in [0.717, 1.165) is 12.1 Å². The van der Waals surface area contributed by atoms with E-state index in [1.165, 1.54) is 36.7 Å². The Morgan fingerprint density at radius 2 is 1.54 bits per heavy atom. The fraction of sp³-hybridized carbons (Fsp3) is 0. The Morgan fingerprint density at radius 3 is 2.25 bits per heavy atom. The molecule has 0 unspecified atom stereocenters. The fourth-order valence-corrected chi connectivity index (χ4v) is 2.13. The number of anilines is 4. The number of hydrogen-bond donors (Lipinski definition) is 2. The van der Waals surface area contributed by atoms with Crippen molar-refractivity contribution in [1.82, 2.24) is 9.97 Å². The lowest BCUT2D eigenvalue weighted by atomic mass is 10.3. The summed E-state index contributed by atoms with van der Waals surface area (Å²) in [7, 11) is 0. The highest BCUT2D eigenvalue weighted by Crippen LogP contribution is 2.24. The van der Waals surface area contributed by atoms with Gasteiger partial charge in [0.25, 0.3) is 0 Å². The van der Waals surface area contributed by atoms with Crippen LogP contribution in [-0.4, -0.2) is 9.97 Å². The SMILES string of the molecule is Fc1ccc(Nc2cc(Nc3ccc(F)c(Cl)c3)ncn2)c(F)c1. The first-order valence-electron chi connectivity index (χ1n) is 6.77. The van der Waals surface area contributed by atoms with Crippen LogP contribution in [0.1, 0.15) is 0 Å². The van der Waals surface area contributed by atoms with E-state index in [1.54, 1.807) is 0 Å². The summed E-state index contributed by atoms with van der Waals surface area (Å²) in [5, 5.41) is 5.63. The molecule has 3 rings (SSSR count). The first kappa shape index (κ1) is 16.1. The van der Waals surface area contributed by atoms with Gasteiger partial charge in [-0.15, -0.1) is 0 Å². The fourth-order valence-electron chi connectivity index (χ4n) is 1.94. The smallest absolute Gasteiger partial charge is 0.149 e. The maximum atomic E-state index is 13.7. The molecule has 4 nitrogen and oxygen atoms in total. The Bertz CT molecular complexity index is 889. The standard InChI is InChI=1S/C16H10ClF3N4/c17-11-6-10(2-3-12(11)19)23-15-7-16(22-8-21-15)24-14-4-1-9(18)5-13(14)20/h1-8H,(H2,21,22,23,24). The molecular weight excluding hydrogens is 341 g/mol. The number of nitrogens with one attached hydrogen (secondary N) is 2. The lowest BCUT2D eigenvalue weighted by molar-refractivity contribution is 0.586. The molecule has 1 heterocycles. The van der Waals surface area contributed by atoms with E-state index in [-0.39, 0.29) is 10.7 Å². The van der Waals surface area contributed by atoms with E-state index in [1.807, 2.05) is 0 Å². The molecule has 0 aliphatic rings. The first-order chi connectivity index (χ1) is 11.5. The number of hydrogen-bond acceptors (Lipinski definition) is 4. The number of halogens is 4. The van der Waals surface area contributed by atoms with E-state index >= 15 is 0 Å². The van der Waals surface area contributed by atoms with Crippen LogP contribution in [0.5, 0.6) is 0 Å². The van der Waals surface area contributed by atoms with Gasteiger partial charge >= 0.3 is 0 Å². The number of benzene rings is 2. The van der Waals surface area contributed by atoms with Crippen LogP contribution in [0.2, 0.25) is 5.02 Å². The van der Waals surface area contributed by atoms with Crippen LogP contribution in [0.25, 0.3) is 0 Å². The van der Waals surface area contributed by atoms with E-state index < -0.39 is 17.5 Å². The van der Waals surface area contributed by atoms with Gasteiger partial charge in [-0.1, -0.05) is 11.6 Å². The largest absolute Gasteiger partial charge is 0.340 e. The van der Waals surface area contributed by atoms with Crippen molar-refractivity contribution in [2.45, 2.75) is 0 Å². The zero-order valence-electron chi connectivity index (χ0n) is 12.0. The van der Waals surface area contributed by atoms with Crippen molar-refractivity contribution in [2.24, 2.45) is 0 Å². The average Bonchev–Trinajstić information content (AvgIpc) is 2.54. The van der Waals surface area contributed by atoms with Crippen LogP contribution in [0.15, 0.2) is 48.8 Å². The lowest BCUT2D eigenvalue weighted by Gasteiger charge is -2.09. The van der Waals surface area contributed by atoms with Gasteiger partial charge in [0.05, 0.1) is 10.7 Å². The molecule has 0 bridgehead atoms. The van der Waals surface area contributed by atoms with Gasteiger partial charge in [-0.2, -0.15) is 0 Å². The van der Waals surface area contributed by atoms with Crippen molar-refractivity contribution in [3.05, 3.63) is 71.3 Å². The Labute approximate surface area is 140 Å². The normalized spacial score (nSPS) is 10.5. The number of rotatable bonds is 4. The van der Waals surface area contributed by atoms with Crippen LogP contribution in [0.4, 0.5) is 36.2 Å². The predicted octanol–water partition coefficient (Wildman–Crippen LogP) is 5.03. The van der Waals surface area contributed by atoms with Crippen molar-refractivity contribution in [3.63, 3.8) is 0 Å². The summed E-state index contributed by atoms with van der Waals surface area (Å²) in [6.07, 6.45) is 1.26. The third-order valence-corrected chi connectivity index (χ3v) is 3.34. The van der Waals surface area contributed by atoms with Gasteiger partial charge in [-0.3, -0.25) is 0 Å². The summed E-state index contributed by atoms with van der Waals surface area (Å²) in [5.74, 6) is -1.26. The van der Waals surface area contributed by atoms with Crippen LogP contribution >= 0.6 is 11.6 Å². The average molecular weight is 351 g/mol. The monoisotopic (exact) mass is 350 g/mol. The number of aromatic nitrogens is 2. The molecule has 0 atom stereocenters. The minimum Gasteiger partial charge on any atom is -0.340 e. The molecule has 24 heavy (non-hydrogen) atoms. The molecule has 2 N–H and O–H groups in total. The Morgan fingerprint density at radius 1 is 0.792 bits per heavy atom. The van der Waals surface area contributed by atoms with Crippen LogP contribution in [-0.2, 0) is 0 Å². The molecule has 8 heteroatoms. The maximum Gasteiger partial charge on any atom is 0.149 e. The molecule has 1 aromatic heterocycles. The third kappa shape index (κ3) is 3.75. The van der Waals surface area contributed by atoms with Gasteiger partial charge in [0.1, 0.15) is 35.4 Å². The molecular formula is C16H10ClF3N4. The van der Waals surface area contributed by atoms with Gasteiger partial charge in [0, 0.05) is 17.8 Å². The van der Waals surface area contributed by atoms with Crippen molar-refractivity contribution in [2.75, 3.05) is 10.6 Å². The summed E-state index contributed by atoms with van der Waals surface area (Å²) in [6, 6.07) is 8.80. The molecule has 0 aliphatic carbocycles. The summed E-state index contributed by atoms with van der Waals surface area (Å²) < 4.78 is 39.7. The second-order valence-corrected chi connectivity index (χ2v) is 5.20. The molecule has 0 saturated heterocycles. The molecule has 0 fully saturated rings. The van der Waals surface area contributed by atoms with Crippen LogP contribution < -0.4 is 10.6 Å². The molecule has 0 saturated carbocycles. The minimum atomic E-state index is -0.742. The zero-order valence-corrected chi connectivity index (χ0v) is 12.8. The van der Waals surface area contributed by atoms with E-state index in [9.17, 15) is 13.2 Å². The van der Waals surface area contributed by atoms with Gasteiger partial charge in [0.2, 0.25) is 0 Å². The second kappa shape index (κ2) is 6.76. The third-order valence-electron chi connectivity index (χ3n) is 3.05. The summed E-state index contributed by atoms with van der Waals surface area (Å²) in [4.78, 5) is 7.97. The van der Waals surface area contributed by atoms with Gasteiger partial charge in [-0.05, 0) is 30.3 Å². The summed E-state index contributed by atoms with van der Waals surface area (Å²) >= 11 is 5.72. The molecule has 2 aromatic carbocycles. The van der Waals surface area contributed by atoms with Crippen molar-refractivity contribution >= 4 is 34.6 Å². The lowest BCUT2D eigenvalue weighted by Crippen LogP contribution is -2.00. The highest BCUT2D eigenvalue weighted by Gasteiger charge is 2.07. The first-order valence-corrected chi connectivity index (χ1v) is 7.15. The summed E-state index contributed by atoms with van der Waals surface area (Å²) in [5.41, 5.74) is 0.602. The topological polar surface area (TPSA) is 49.8 Å². The Hall–Kier alpha value is -2.80. The molecule has 0 spiro atoms. The quantitative estimate of drug-likeness (QED) is 0.692. The molecule has 0 radical (unpaired) electrons.